The van der Waals surface area contributed by atoms with Crippen LogP contribution in [0.5, 0.6) is 0 Å². The van der Waals surface area contributed by atoms with E-state index in [-0.39, 0.29) is 28.8 Å². The largest absolute Gasteiger partial charge is 0.409 e. The Balaban J connectivity index is 1.94. The van der Waals surface area contributed by atoms with Crippen LogP contribution in [0.25, 0.3) is 0 Å². The van der Waals surface area contributed by atoms with Crippen molar-refractivity contribution in [2.45, 2.75) is 32.2 Å². The lowest BCUT2D eigenvalue weighted by Crippen LogP contribution is -2.49. The van der Waals surface area contributed by atoms with Gasteiger partial charge in [-0.3, -0.25) is 4.90 Å². The number of amidine groups is 1. The Kier molecular flexibility index (Phi) is 3.55. The lowest BCUT2D eigenvalue weighted by molar-refractivity contribution is 0.183. The van der Waals surface area contributed by atoms with E-state index in [0.717, 1.165) is 19.4 Å². The molecule has 6 nitrogen and oxygen atoms in total. The summed E-state index contributed by atoms with van der Waals surface area (Å²) < 4.78 is 23.0. The fourth-order valence-corrected chi connectivity index (χ4v) is 4.31. The predicted octanol–water partition coefficient (Wildman–Crippen LogP) is 0.0220. The second kappa shape index (κ2) is 4.70. The molecule has 1 aliphatic heterocycles. The highest BCUT2D eigenvalue weighted by Crippen LogP contribution is 2.49. The van der Waals surface area contributed by atoms with Crippen molar-refractivity contribution in [3.63, 3.8) is 0 Å². The average molecular weight is 275 g/mol. The maximum Gasteiger partial charge on any atom is 0.153 e. The van der Waals surface area contributed by atoms with Gasteiger partial charge < -0.3 is 10.9 Å². The molecular formula is C11H21N3O3S. The van der Waals surface area contributed by atoms with Gasteiger partial charge in [-0.05, 0) is 25.2 Å². The van der Waals surface area contributed by atoms with Crippen LogP contribution in [0.15, 0.2) is 5.16 Å². The fourth-order valence-electron chi connectivity index (χ4n) is 2.69. The molecule has 0 radical (unpaired) electrons. The molecule has 1 saturated heterocycles. The van der Waals surface area contributed by atoms with Crippen LogP contribution in [-0.4, -0.2) is 55.0 Å². The highest BCUT2D eigenvalue weighted by molar-refractivity contribution is 7.91. The Morgan fingerprint density at radius 1 is 1.56 bits per heavy atom. The molecule has 104 valence electrons. The van der Waals surface area contributed by atoms with Crippen LogP contribution < -0.4 is 5.73 Å². The Labute approximate surface area is 108 Å². The summed E-state index contributed by atoms with van der Waals surface area (Å²) in [6, 6.07) is 0.0634. The Bertz CT molecular complexity index is 442. The molecule has 0 aromatic carbocycles. The van der Waals surface area contributed by atoms with Crippen molar-refractivity contribution in [1.29, 1.82) is 0 Å². The van der Waals surface area contributed by atoms with Gasteiger partial charge in [-0.25, -0.2) is 8.42 Å². The third-order valence-electron chi connectivity index (χ3n) is 3.99. The summed E-state index contributed by atoms with van der Waals surface area (Å²) in [6.45, 7) is 3.40. The first kappa shape index (κ1) is 13.6. The average Bonchev–Trinajstić information content (AvgIpc) is 3.02. The van der Waals surface area contributed by atoms with E-state index in [0.29, 0.717) is 13.0 Å². The van der Waals surface area contributed by atoms with Gasteiger partial charge in [0.2, 0.25) is 0 Å². The van der Waals surface area contributed by atoms with Gasteiger partial charge >= 0.3 is 0 Å². The predicted molar refractivity (Wildman–Crippen MR) is 69.4 cm³/mol. The molecule has 2 rings (SSSR count). The number of nitrogens with zero attached hydrogens (tertiary/aromatic N) is 2. The van der Waals surface area contributed by atoms with Gasteiger partial charge in [-0.2, -0.15) is 0 Å². The second-order valence-electron chi connectivity index (χ2n) is 5.70. The number of hydrogen-bond donors (Lipinski definition) is 2. The first-order valence-corrected chi connectivity index (χ1v) is 8.09. The maximum atomic E-state index is 11.5. The lowest BCUT2D eigenvalue weighted by atomic mass is 10.0. The van der Waals surface area contributed by atoms with Crippen molar-refractivity contribution in [3.05, 3.63) is 0 Å². The molecule has 0 aromatic rings. The van der Waals surface area contributed by atoms with E-state index >= 15 is 0 Å². The van der Waals surface area contributed by atoms with E-state index in [1.807, 2.05) is 6.92 Å². The number of nitrogens with two attached hydrogens (primary N) is 1. The molecular weight excluding hydrogens is 254 g/mol. The summed E-state index contributed by atoms with van der Waals surface area (Å²) in [5, 5.41) is 11.7. The molecule has 2 fully saturated rings. The van der Waals surface area contributed by atoms with E-state index < -0.39 is 9.84 Å². The highest BCUT2D eigenvalue weighted by atomic mass is 32.2. The molecule has 1 heterocycles. The van der Waals surface area contributed by atoms with Crippen LogP contribution in [0.4, 0.5) is 0 Å². The van der Waals surface area contributed by atoms with Gasteiger partial charge in [0.05, 0.1) is 11.5 Å². The van der Waals surface area contributed by atoms with Crippen LogP contribution in [0.1, 0.15) is 26.2 Å². The molecule has 0 bridgehead atoms. The van der Waals surface area contributed by atoms with Crippen molar-refractivity contribution < 1.29 is 13.6 Å². The summed E-state index contributed by atoms with van der Waals surface area (Å²) >= 11 is 0. The smallest absolute Gasteiger partial charge is 0.153 e. The molecule has 0 spiro atoms. The minimum absolute atomic E-state index is 0.0634. The monoisotopic (exact) mass is 275 g/mol. The molecule has 1 unspecified atom stereocenters. The van der Waals surface area contributed by atoms with E-state index in [1.54, 1.807) is 0 Å². The van der Waals surface area contributed by atoms with E-state index in [1.165, 1.54) is 0 Å². The molecule has 0 aromatic heterocycles. The third-order valence-corrected chi connectivity index (χ3v) is 5.78. The topological polar surface area (TPSA) is 96.0 Å². The number of oxime groups is 1. The quantitative estimate of drug-likeness (QED) is 0.326. The summed E-state index contributed by atoms with van der Waals surface area (Å²) in [5.74, 6) is 0.758. The summed E-state index contributed by atoms with van der Waals surface area (Å²) in [4.78, 5) is 2.22. The molecule has 18 heavy (non-hydrogen) atoms. The standard InChI is InChI=1S/C11H21N3O3S/c1-9-7-18(16,17)5-4-14(9)8-11(2-3-11)6-10(12)13-15/h9,15H,2-8H2,1H3,(H2,12,13). The van der Waals surface area contributed by atoms with Gasteiger partial charge in [0.15, 0.2) is 9.84 Å². The van der Waals surface area contributed by atoms with E-state index in [2.05, 4.69) is 10.1 Å². The van der Waals surface area contributed by atoms with Crippen molar-refractivity contribution >= 4 is 15.7 Å². The number of rotatable bonds is 4. The normalized spacial score (nSPS) is 31.2. The molecule has 1 saturated carbocycles. The van der Waals surface area contributed by atoms with Crippen molar-refractivity contribution in [3.8, 4) is 0 Å². The molecule has 1 atom stereocenters. The molecule has 2 aliphatic rings. The molecule has 1 aliphatic carbocycles. The van der Waals surface area contributed by atoms with Gasteiger partial charge in [-0.15, -0.1) is 0 Å². The zero-order valence-corrected chi connectivity index (χ0v) is 11.5. The van der Waals surface area contributed by atoms with Crippen LogP contribution in [0.2, 0.25) is 0 Å². The minimum atomic E-state index is -2.86. The van der Waals surface area contributed by atoms with Crippen LogP contribution in [-0.2, 0) is 9.84 Å². The zero-order chi connectivity index (χ0) is 13.4. The zero-order valence-electron chi connectivity index (χ0n) is 10.7. The molecule has 7 heteroatoms. The highest BCUT2D eigenvalue weighted by Gasteiger charge is 2.46. The summed E-state index contributed by atoms with van der Waals surface area (Å²) in [6.07, 6.45) is 2.73. The number of hydrogen-bond acceptors (Lipinski definition) is 5. The summed E-state index contributed by atoms with van der Waals surface area (Å²) in [7, 11) is -2.86. The summed E-state index contributed by atoms with van der Waals surface area (Å²) in [5.41, 5.74) is 5.67. The lowest BCUT2D eigenvalue weighted by Gasteiger charge is -2.35. The maximum absolute atomic E-state index is 11.5. The van der Waals surface area contributed by atoms with Crippen LogP contribution in [0.3, 0.4) is 0 Å². The van der Waals surface area contributed by atoms with Crippen molar-refractivity contribution in [2.75, 3.05) is 24.6 Å². The third kappa shape index (κ3) is 3.14. The SMILES string of the molecule is CC1CS(=O)(=O)CCN1CC1(CC(N)=NO)CC1. The number of sulfone groups is 1. The van der Waals surface area contributed by atoms with Gasteiger partial charge in [0.25, 0.3) is 0 Å². The first-order chi connectivity index (χ1) is 8.36. The van der Waals surface area contributed by atoms with Crippen molar-refractivity contribution in [2.24, 2.45) is 16.3 Å². The minimum Gasteiger partial charge on any atom is -0.409 e. The second-order valence-corrected chi connectivity index (χ2v) is 7.93. The van der Waals surface area contributed by atoms with Gasteiger partial charge in [0.1, 0.15) is 5.84 Å². The first-order valence-electron chi connectivity index (χ1n) is 6.27. The Morgan fingerprint density at radius 2 is 2.22 bits per heavy atom. The van der Waals surface area contributed by atoms with E-state index in [9.17, 15) is 8.42 Å². The van der Waals surface area contributed by atoms with Gasteiger partial charge in [-0.1, -0.05) is 5.16 Å². The van der Waals surface area contributed by atoms with Crippen LogP contribution >= 0.6 is 0 Å². The fraction of sp³-hybridized carbons (Fsp3) is 0.909. The van der Waals surface area contributed by atoms with Crippen molar-refractivity contribution in [1.82, 2.24) is 4.90 Å². The van der Waals surface area contributed by atoms with Gasteiger partial charge in [0, 0.05) is 25.6 Å². The Morgan fingerprint density at radius 3 is 2.72 bits per heavy atom. The molecule has 3 N–H and O–H groups in total. The van der Waals surface area contributed by atoms with E-state index in [4.69, 9.17) is 10.9 Å². The molecule has 0 amide bonds. The Hall–Kier alpha value is -0.820. The van der Waals surface area contributed by atoms with Crippen LogP contribution in [0, 0.1) is 5.41 Å².